The summed E-state index contributed by atoms with van der Waals surface area (Å²) < 4.78 is 5.04. The van der Waals surface area contributed by atoms with Gasteiger partial charge in [0.2, 0.25) is 0 Å². The average molecular weight is 449 g/mol. The van der Waals surface area contributed by atoms with Crippen molar-refractivity contribution in [2.45, 2.75) is 83.0 Å². The molecule has 2 aromatic rings. The van der Waals surface area contributed by atoms with Gasteiger partial charge in [-0.05, 0) is 78.3 Å². The SMILES string of the molecule is CCCCCCc1cc2c(cc1C#Cc1ccc(CC(=O)OCC)cc1)C(C)(C)CCS2. The van der Waals surface area contributed by atoms with Gasteiger partial charge < -0.3 is 4.74 Å². The average Bonchev–Trinajstić information content (AvgIpc) is 2.76. The molecule has 3 heteroatoms. The third kappa shape index (κ3) is 6.66. The van der Waals surface area contributed by atoms with Crippen LogP contribution >= 0.6 is 11.8 Å². The van der Waals surface area contributed by atoms with E-state index in [1.54, 1.807) is 0 Å². The molecule has 0 aliphatic carbocycles. The van der Waals surface area contributed by atoms with Crippen LogP contribution in [0.2, 0.25) is 0 Å². The van der Waals surface area contributed by atoms with Crippen LogP contribution < -0.4 is 0 Å². The molecule has 0 amide bonds. The molecule has 1 aliphatic heterocycles. The Bertz CT molecular complexity index is 977. The second-order valence-electron chi connectivity index (χ2n) is 9.23. The van der Waals surface area contributed by atoms with Gasteiger partial charge in [0.25, 0.3) is 0 Å². The van der Waals surface area contributed by atoms with E-state index in [1.807, 2.05) is 43.0 Å². The number of thioether (sulfide) groups is 1. The molecule has 170 valence electrons. The van der Waals surface area contributed by atoms with E-state index in [0.29, 0.717) is 13.0 Å². The van der Waals surface area contributed by atoms with Gasteiger partial charge in [0.15, 0.2) is 0 Å². The van der Waals surface area contributed by atoms with Crippen LogP contribution in [0.4, 0.5) is 0 Å². The Hall–Kier alpha value is -2.18. The topological polar surface area (TPSA) is 26.3 Å². The molecule has 0 spiro atoms. The molecule has 32 heavy (non-hydrogen) atoms. The fourth-order valence-electron chi connectivity index (χ4n) is 4.11. The molecule has 0 fully saturated rings. The highest BCUT2D eigenvalue weighted by atomic mass is 32.2. The van der Waals surface area contributed by atoms with Gasteiger partial charge in [0, 0.05) is 16.0 Å². The predicted octanol–water partition coefficient (Wildman–Crippen LogP) is 7.09. The number of hydrogen-bond donors (Lipinski definition) is 0. The Labute approximate surface area is 198 Å². The Morgan fingerprint density at radius 2 is 1.84 bits per heavy atom. The maximum absolute atomic E-state index is 11.7. The second-order valence-corrected chi connectivity index (χ2v) is 10.4. The van der Waals surface area contributed by atoms with Crippen molar-refractivity contribution >= 4 is 17.7 Å². The zero-order valence-electron chi connectivity index (χ0n) is 20.1. The number of esters is 1. The van der Waals surface area contributed by atoms with Crippen molar-refractivity contribution in [3.05, 3.63) is 64.2 Å². The van der Waals surface area contributed by atoms with E-state index in [9.17, 15) is 4.79 Å². The maximum Gasteiger partial charge on any atom is 0.310 e. The van der Waals surface area contributed by atoms with Crippen LogP contribution in [0.25, 0.3) is 0 Å². The van der Waals surface area contributed by atoms with E-state index in [1.165, 1.54) is 59.4 Å². The molecule has 3 rings (SSSR count). The van der Waals surface area contributed by atoms with Gasteiger partial charge in [-0.15, -0.1) is 11.8 Å². The fraction of sp³-hybridized carbons (Fsp3) is 0.483. The van der Waals surface area contributed by atoms with Crippen LogP contribution in [0, 0.1) is 11.8 Å². The lowest BCUT2D eigenvalue weighted by atomic mass is 9.80. The molecule has 0 bridgehead atoms. The monoisotopic (exact) mass is 448 g/mol. The minimum atomic E-state index is -0.186. The number of rotatable bonds is 8. The fourth-order valence-corrected chi connectivity index (χ4v) is 5.66. The molecule has 0 saturated heterocycles. The van der Waals surface area contributed by atoms with E-state index in [4.69, 9.17) is 4.74 Å². The Balaban J connectivity index is 1.84. The first-order chi connectivity index (χ1) is 15.4. The van der Waals surface area contributed by atoms with Crippen molar-refractivity contribution in [1.82, 2.24) is 0 Å². The summed E-state index contributed by atoms with van der Waals surface area (Å²) in [4.78, 5) is 13.1. The summed E-state index contributed by atoms with van der Waals surface area (Å²) in [7, 11) is 0. The first-order valence-corrected chi connectivity index (χ1v) is 13.0. The van der Waals surface area contributed by atoms with Gasteiger partial charge in [-0.2, -0.15) is 0 Å². The van der Waals surface area contributed by atoms with Crippen molar-refractivity contribution in [3.63, 3.8) is 0 Å². The summed E-state index contributed by atoms with van der Waals surface area (Å²) in [5, 5.41) is 0. The molecule has 1 heterocycles. The molecule has 0 aromatic heterocycles. The third-order valence-electron chi connectivity index (χ3n) is 6.17. The van der Waals surface area contributed by atoms with Crippen LogP contribution in [0.5, 0.6) is 0 Å². The first-order valence-electron chi connectivity index (χ1n) is 12.0. The standard InChI is InChI=1S/C29H36O2S/c1-5-7-8-9-10-24-21-27-26(29(3,4)17-18-32-27)20-25(24)16-15-22-11-13-23(14-12-22)19-28(30)31-6-2/h11-14,20-21H,5-10,17-19H2,1-4H3. The molecule has 2 nitrogen and oxygen atoms in total. The molecular weight excluding hydrogens is 412 g/mol. The van der Waals surface area contributed by atoms with Crippen molar-refractivity contribution in [2.24, 2.45) is 0 Å². The van der Waals surface area contributed by atoms with Crippen molar-refractivity contribution in [1.29, 1.82) is 0 Å². The second kappa shape index (κ2) is 11.6. The number of fused-ring (bicyclic) bond motifs is 1. The number of aryl methyl sites for hydroxylation is 1. The normalized spacial score (nSPS) is 14.2. The quantitative estimate of drug-likeness (QED) is 0.245. The Morgan fingerprint density at radius 3 is 2.56 bits per heavy atom. The zero-order chi connectivity index (χ0) is 23.0. The van der Waals surface area contributed by atoms with Crippen LogP contribution in [0.3, 0.4) is 0 Å². The molecule has 0 N–H and O–H groups in total. The molecule has 1 aliphatic rings. The molecule has 0 atom stereocenters. The lowest BCUT2D eigenvalue weighted by Gasteiger charge is -2.32. The van der Waals surface area contributed by atoms with Crippen LogP contribution in [0.1, 0.15) is 87.6 Å². The van der Waals surface area contributed by atoms with Gasteiger partial charge in [0.1, 0.15) is 0 Å². The highest BCUT2D eigenvalue weighted by Crippen LogP contribution is 2.42. The number of benzene rings is 2. The first kappa shape index (κ1) is 24.5. The van der Waals surface area contributed by atoms with Gasteiger partial charge in [-0.25, -0.2) is 0 Å². The number of ether oxygens (including phenoxy) is 1. The Kier molecular flexibility index (Phi) is 8.88. The van der Waals surface area contributed by atoms with Crippen LogP contribution in [-0.2, 0) is 27.8 Å². The van der Waals surface area contributed by atoms with Gasteiger partial charge in [0.05, 0.1) is 13.0 Å². The Morgan fingerprint density at radius 1 is 1.06 bits per heavy atom. The van der Waals surface area contributed by atoms with Crippen molar-refractivity contribution < 1.29 is 9.53 Å². The number of carbonyl (C=O) groups is 1. The summed E-state index contributed by atoms with van der Waals surface area (Å²) in [6.45, 7) is 9.21. The summed E-state index contributed by atoms with van der Waals surface area (Å²) in [6.07, 6.45) is 7.66. The van der Waals surface area contributed by atoms with Crippen LogP contribution in [-0.4, -0.2) is 18.3 Å². The summed E-state index contributed by atoms with van der Waals surface area (Å²) >= 11 is 2.00. The third-order valence-corrected chi connectivity index (χ3v) is 7.23. The zero-order valence-corrected chi connectivity index (χ0v) is 20.9. The van der Waals surface area contributed by atoms with Gasteiger partial charge >= 0.3 is 5.97 Å². The van der Waals surface area contributed by atoms with Gasteiger partial charge in [-0.3, -0.25) is 4.79 Å². The van der Waals surface area contributed by atoms with E-state index in [2.05, 4.69) is 44.7 Å². The highest BCUT2D eigenvalue weighted by Gasteiger charge is 2.28. The number of unbranched alkanes of at least 4 members (excludes halogenated alkanes) is 3. The largest absolute Gasteiger partial charge is 0.466 e. The minimum Gasteiger partial charge on any atom is -0.466 e. The molecule has 0 radical (unpaired) electrons. The van der Waals surface area contributed by atoms with Crippen molar-refractivity contribution in [3.8, 4) is 11.8 Å². The van der Waals surface area contributed by atoms with Crippen LogP contribution in [0.15, 0.2) is 41.3 Å². The number of carbonyl (C=O) groups excluding carboxylic acids is 1. The summed E-state index contributed by atoms with van der Waals surface area (Å²) in [5.41, 5.74) is 6.13. The van der Waals surface area contributed by atoms with E-state index < -0.39 is 0 Å². The molecule has 2 aromatic carbocycles. The minimum absolute atomic E-state index is 0.186. The highest BCUT2D eigenvalue weighted by molar-refractivity contribution is 7.99. The maximum atomic E-state index is 11.7. The van der Waals surface area contributed by atoms with Crippen molar-refractivity contribution in [2.75, 3.05) is 12.4 Å². The smallest absolute Gasteiger partial charge is 0.310 e. The molecule has 0 saturated carbocycles. The van der Waals surface area contributed by atoms with E-state index in [-0.39, 0.29) is 11.4 Å². The summed E-state index contributed by atoms with van der Waals surface area (Å²) in [5.74, 6) is 7.86. The lowest BCUT2D eigenvalue weighted by Crippen LogP contribution is -2.23. The lowest BCUT2D eigenvalue weighted by molar-refractivity contribution is -0.142. The molecule has 0 unspecified atom stereocenters. The van der Waals surface area contributed by atoms with E-state index in [0.717, 1.165) is 17.5 Å². The summed E-state index contributed by atoms with van der Waals surface area (Å²) in [6, 6.07) is 12.7. The number of hydrogen-bond acceptors (Lipinski definition) is 3. The van der Waals surface area contributed by atoms with E-state index >= 15 is 0 Å². The molecular formula is C29H36O2S. The van der Waals surface area contributed by atoms with Gasteiger partial charge in [-0.1, -0.05) is 64.0 Å². The predicted molar refractivity (Wildman–Crippen MR) is 135 cm³/mol.